The van der Waals surface area contributed by atoms with Gasteiger partial charge in [-0.2, -0.15) is 0 Å². The third-order valence-corrected chi connectivity index (χ3v) is 3.79. The van der Waals surface area contributed by atoms with Crippen molar-refractivity contribution in [3.8, 4) is 5.75 Å². The molecule has 0 atom stereocenters. The van der Waals surface area contributed by atoms with Crippen molar-refractivity contribution in [1.82, 2.24) is 0 Å². The second kappa shape index (κ2) is 8.58. The molecule has 0 saturated heterocycles. The number of rotatable bonds is 6. The van der Waals surface area contributed by atoms with Crippen molar-refractivity contribution in [1.29, 1.82) is 0 Å². The monoisotopic (exact) mass is 342 g/mol. The molecular weight excluding hydrogens is 324 g/mol. The van der Waals surface area contributed by atoms with Crippen LogP contribution in [0.4, 0.5) is 0 Å². The summed E-state index contributed by atoms with van der Waals surface area (Å²) in [5, 5.41) is 0. The molecule has 0 aliphatic carbocycles. The molecule has 0 unspecified atom stereocenters. The lowest BCUT2D eigenvalue weighted by atomic mass is 10.1. The molecule has 0 N–H and O–H groups in total. The summed E-state index contributed by atoms with van der Waals surface area (Å²) in [5.74, 6) is 0.125. The summed E-state index contributed by atoms with van der Waals surface area (Å²) in [6, 6.07) is 25.6. The zero-order valence-electron chi connectivity index (χ0n) is 14.2. The van der Waals surface area contributed by atoms with Crippen LogP contribution in [0.5, 0.6) is 5.75 Å². The van der Waals surface area contributed by atoms with Gasteiger partial charge in [0.05, 0.1) is 6.42 Å². The van der Waals surface area contributed by atoms with Crippen LogP contribution in [0.1, 0.15) is 21.5 Å². The fourth-order valence-electron chi connectivity index (χ4n) is 2.45. The van der Waals surface area contributed by atoms with E-state index >= 15 is 0 Å². The van der Waals surface area contributed by atoms with E-state index in [9.17, 15) is 9.59 Å². The highest BCUT2D eigenvalue weighted by molar-refractivity contribution is 6.06. The number of allylic oxidation sites excluding steroid dienone is 1. The second-order valence-corrected chi connectivity index (χ2v) is 5.77. The maximum atomic E-state index is 12.0. The van der Waals surface area contributed by atoms with Crippen LogP contribution in [0.25, 0.3) is 6.08 Å². The summed E-state index contributed by atoms with van der Waals surface area (Å²) >= 11 is 0. The van der Waals surface area contributed by atoms with Crippen molar-refractivity contribution in [2.75, 3.05) is 0 Å². The number of benzene rings is 3. The van der Waals surface area contributed by atoms with E-state index in [2.05, 4.69) is 0 Å². The van der Waals surface area contributed by atoms with Crippen LogP contribution < -0.4 is 4.74 Å². The molecule has 3 aromatic carbocycles. The molecule has 3 nitrogen and oxygen atoms in total. The molecule has 0 saturated carbocycles. The Hall–Kier alpha value is -3.46. The molecule has 0 heterocycles. The van der Waals surface area contributed by atoms with Gasteiger partial charge in [-0.05, 0) is 29.3 Å². The molecule has 0 aromatic heterocycles. The second-order valence-electron chi connectivity index (χ2n) is 5.77. The third kappa shape index (κ3) is 5.02. The third-order valence-electron chi connectivity index (χ3n) is 3.79. The van der Waals surface area contributed by atoms with Crippen LogP contribution in [-0.2, 0) is 11.2 Å². The van der Waals surface area contributed by atoms with Gasteiger partial charge in [-0.15, -0.1) is 0 Å². The molecular formula is C23H18O3. The molecule has 0 spiro atoms. The predicted octanol–water partition coefficient (Wildman–Crippen LogP) is 4.73. The van der Waals surface area contributed by atoms with Gasteiger partial charge in [0, 0.05) is 5.56 Å². The lowest BCUT2D eigenvalue weighted by molar-refractivity contribution is -0.133. The van der Waals surface area contributed by atoms with E-state index in [0.29, 0.717) is 11.3 Å². The molecule has 128 valence electrons. The van der Waals surface area contributed by atoms with E-state index < -0.39 is 0 Å². The Morgan fingerprint density at radius 2 is 1.38 bits per heavy atom. The maximum absolute atomic E-state index is 12.0. The van der Waals surface area contributed by atoms with Gasteiger partial charge in [-0.1, -0.05) is 78.9 Å². The van der Waals surface area contributed by atoms with E-state index in [4.69, 9.17) is 4.74 Å². The molecule has 0 radical (unpaired) electrons. The first-order chi connectivity index (χ1) is 12.7. The van der Waals surface area contributed by atoms with E-state index in [1.165, 1.54) is 6.08 Å². The molecule has 26 heavy (non-hydrogen) atoms. The minimum Gasteiger partial charge on any atom is -0.426 e. The van der Waals surface area contributed by atoms with Gasteiger partial charge in [0.15, 0.2) is 5.78 Å². The molecule has 0 aliphatic heterocycles. The summed E-state index contributed by atoms with van der Waals surface area (Å²) in [4.78, 5) is 24.0. The Bertz CT molecular complexity index is 895. The van der Waals surface area contributed by atoms with Gasteiger partial charge >= 0.3 is 5.97 Å². The smallest absolute Gasteiger partial charge is 0.315 e. The lowest BCUT2D eigenvalue weighted by Gasteiger charge is -2.05. The van der Waals surface area contributed by atoms with E-state index in [1.807, 2.05) is 48.5 Å². The summed E-state index contributed by atoms with van der Waals surface area (Å²) in [7, 11) is 0. The molecule has 0 fully saturated rings. The molecule has 0 bridgehead atoms. The van der Waals surface area contributed by atoms with Crippen LogP contribution in [0, 0.1) is 0 Å². The number of esters is 1. The molecule has 0 amide bonds. The van der Waals surface area contributed by atoms with Crippen LogP contribution in [0.3, 0.4) is 0 Å². The summed E-state index contributed by atoms with van der Waals surface area (Å²) in [6.07, 6.45) is 3.50. The predicted molar refractivity (Wildman–Crippen MR) is 102 cm³/mol. The largest absolute Gasteiger partial charge is 0.426 e. The minimum atomic E-state index is -0.307. The van der Waals surface area contributed by atoms with E-state index in [-0.39, 0.29) is 18.2 Å². The van der Waals surface area contributed by atoms with Gasteiger partial charge in [0.25, 0.3) is 0 Å². The number of hydrogen-bond donors (Lipinski definition) is 0. The van der Waals surface area contributed by atoms with Crippen molar-refractivity contribution in [2.45, 2.75) is 6.42 Å². The van der Waals surface area contributed by atoms with E-state index in [0.717, 1.165) is 11.1 Å². The first-order valence-corrected chi connectivity index (χ1v) is 8.33. The number of ether oxygens (including phenoxy) is 1. The zero-order valence-corrected chi connectivity index (χ0v) is 14.2. The molecule has 3 heteroatoms. The van der Waals surface area contributed by atoms with Gasteiger partial charge in [-0.25, -0.2) is 0 Å². The van der Waals surface area contributed by atoms with Gasteiger partial charge in [0.2, 0.25) is 0 Å². The van der Waals surface area contributed by atoms with Crippen LogP contribution in [-0.4, -0.2) is 11.8 Å². The Labute approximate surface area is 152 Å². The highest BCUT2D eigenvalue weighted by Gasteiger charge is 2.06. The van der Waals surface area contributed by atoms with Crippen molar-refractivity contribution < 1.29 is 14.3 Å². The Morgan fingerprint density at radius 1 is 0.769 bits per heavy atom. The highest BCUT2D eigenvalue weighted by Crippen LogP contribution is 2.15. The Kier molecular flexibility index (Phi) is 5.73. The maximum Gasteiger partial charge on any atom is 0.315 e. The highest BCUT2D eigenvalue weighted by atomic mass is 16.5. The molecule has 0 aliphatic rings. The minimum absolute atomic E-state index is 0.0519. The summed E-state index contributed by atoms with van der Waals surface area (Å²) in [5.41, 5.74) is 2.42. The Morgan fingerprint density at radius 3 is 2.04 bits per heavy atom. The SMILES string of the molecule is O=C(Cc1ccccc1)Oc1ccc(C=CC(=O)c2ccccc2)cc1. The number of ketones is 1. The fraction of sp³-hybridized carbons (Fsp3) is 0.0435. The fourth-order valence-corrected chi connectivity index (χ4v) is 2.45. The summed E-state index contributed by atoms with van der Waals surface area (Å²) < 4.78 is 5.34. The molecule has 3 aromatic rings. The quantitative estimate of drug-likeness (QED) is 0.281. The topological polar surface area (TPSA) is 43.4 Å². The standard InChI is InChI=1S/C23H18O3/c24-22(20-9-5-2-6-10-20)16-13-18-11-14-21(15-12-18)26-23(25)17-19-7-3-1-4-8-19/h1-16H,17H2. The Balaban J connectivity index is 1.57. The number of carbonyl (C=O) groups is 2. The normalized spacial score (nSPS) is 10.6. The van der Waals surface area contributed by atoms with Crippen LogP contribution >= 0.6 is 0 Å². The summed E-state index contributed by atoms with van der Waals surface area (Å²) in [6.45, 7) is 0. The number of hydrogen-bond acceptors (Lipinski definition) is 3. The lowest BCUT2D eigenvalue weighted by Crippen LogP contribution is -2.11. The van der Waals surface area contributed by atoms with Gasteiger partial charge in [0.1, 0.15) is 5.75 Å². The van der Waals surface area contributed by atoms with Crippen molar-refractivity contribution in [3.05, 3.63) is 108 Å². The van der Waals surface area contributed by atoms with Crippen LogP contribution in [0.2, 0.25) is 0 Å². The zero-order chi connectivity index (χ0) is 18.2. The van der Waals surface area contributed by atoms with Crippen molar-refractivity contribution in [3.63, 3.8) is 0 Å². The average molecular weight is 342 g/mol. The first-order valence-electron chi connectivity index (χ1n) is 8.33. The van der Waals surface area contributed by atoms with Gasteiger partial charge in [-0.3, -0.25) is 9.59 Å². The number of carbonyl (C=O) groups excluding carboxylic acids is 2. The van der Waals surface area contributed by atoms with Crippen molar-refractivity contribution in [2.24, 2.45) is 0 Å². The van der Waals surface area contributed by atoms with Gasteiger partial charge < -0.3 is 4.74 Å². The average Bonchev–Trinajstić information content (AvgIpc) is 2.68. The first kappa shape index (κ1) is 17.4. The van der Waals surface area contributed by atoms with Crippen LogP contribution in [0.15, 0.2) is 91.0 Å². The molecule has 3 rings (SSSR count). The van der Waals surface area contributed by atoms with Crippen molar-refractivity contribution >= 4 is 17.8 Å². The van der Waals surface area contributed by atoms with E-state index in [1.54, 1.807) is 42.5 Å².